The van der Waals surface area contributed by atoms with Crippen molar-refractivity contribution in [3.05, 3.63) is 0 Å². The van der Waals surface area contributed by atoms with Crippen molar-refractivity contribution in [1.82, 2.24) is 0 Å². The van der Waals surface area contributed by atoms with E-state index < -0.39 is 27.1 Å². The molecule has 15 heavy (non-hydrogen) atoms. The van der Waals surface area contributed by atoms with Crippen LogP contribution >= 0.6 is 8.60 Å². The summed E-state index contributed by atoms with van der Waals surface area (Å²) in [4.78, 5) is 0. The van der Waals surface area contributed by atoms with Gasteiger partial charge in [-0.05, 0) is 9.05 Å². The van der Waals surface area contributed by atoms with E-state index in [0.29, 0.717) is 0 Å². The summed E-state index contributed by atoms with van der Waals surface area (Å²) in [6, 6.07) is 0. The molecule has 3 nitrogen and oxygen atoms in total. The molecule has 0 aliphatic heterocycles. The molecule has 0 aromatic rings. The minimum absolute atomic E-state index is 2.28. The van der Waals surface area contributed by atoms with Gasteiger partial charge in [-0.2, -0.15) is 22.0 Å². The minimum Gasteiger partial charge on any atom is -0.266 e. The smallest absolute Gasteiger partial charge is 0.266 e. The lowest BCUT2D eigenvalue weighted by molar-refractivity contribution is -0.331. The van der Waals surface area contributed by atoms with Crippen LogP contribution in [-0.4, -0.2) is 18.5 Å². The van der Waals surface area contributed by atoms with Gasteiger partial charge in [-0.3, -0.25) is 4.52 Å². The second-order valence-corrected chi connectivity index (χ2v) is 2.84. The van der Waals surface area contributed by atoms with Gasteiger partial charge in [-0.25, -0.2) is 4.39 Å². The molecule has 1 unspecified atom stereocenters. The lowest BCUT2D eigenvalue weighted by atomic mass is 10.3. The lowest BCUT2D eigenvalue weighted by Gasteiger charge is -2.22. The summed E-state index contributed by atoms with van der Waals surface area (Å²) < 4.78 is 99.9. The fraction of sp³-hybridized carbons (Fsp3) is 1.00. The zero-order valence-corrected chi connectivity index (χ0v) is 7.17. The fourth-order valence-electron chi connectivity index (χ4n) is 0.314. The Labute approximate surface area is 77.7 Å². The number of alkyl halides is 6. The summed E-state index contributed by atoms with van der Waals surface area (Å²) in [5.41, 5.74) is 0. The molecule has 0 fully saturated rings. The highest BCUT2D eigenvalue weighted by Crippen LogP contribution is 2.48. The van der Waals surface area contributed by atoms with Crippen molar-refractivity contribution in [3.8, 4) is 0 Å². The maximum absolute atomic E-state index is 12.1. The molecule has 0 radical (unpaired) electrons. The van der Waals surface area contributed by atoms with Crippen LogP contribution in [0.2, 0.25) is 0 Å². The van der Waals surface area contributed by atoms with E-state index in [1.807, 2.05) is 0 Å². The Morgan fingerprint density at radius 2 is 1.33 bits per heavy atom. The first-order valence-electron chi connectivity index (χ1n) is 2.79. The van der Waals surface area contributed by atoms with Crippen molar-refractivity contribution < 1.29 is 49.4 Å². The third kappa shape index (κ3) is 3.67. The molecule has 0 aromatic heterocycles. The highest BCUT2D eigenvalue weighted by molar-refractivity contribution is 7.41. The number of hydrogen-bond acceptors (Lipinski definition) is 3. The predicted molar refractivity (Wildman–Crippen MR) is 28.3 cm³/mol. The van der Waals surface area contributed by atoms with Crippen LogP contribution in [0.1, 0.15) is 0 Å². The van der Waals surface area contributed by atoms with Gasteiger partial charge in [0.2, 0.25) is 0 Å². The first-order valence-corrected chi connectivity index (χ1v) is 3.89. The summed E-state index contributed by atoms with van der Waals surface area (Å²) in [7, 11) is -3.90. The zero-order valence-electron chi connectivity index (χ0n) is 6.27. The molecule has 1 atom stereocenters. The van der Waals surface area contributed by atoms with Crippen LogP contribution in [0.25, 0.3) is 0 Å². The van der Waals surface area contributed by atoms with Gasteiger partial charge in [0.1, 0.15) is 0 Å². The van der Waals surface area contributed by atoms with Gasteiger partial charge in [0, 0.05) is 0 Å². The van der Waals surface area contributed by atoms with E-state index in [0.717, 1.165) is 0 Å². The molecule has 0 N–H and O–H groups in total. The zero-order chi connectivity index (χ0) is 12.3. The summed E-state index contributed by atoms with van der Waals surface area (Å²) in [5, 5.41) is 0. The molecular weight excluding hydrogens is 267 g/mol. The fourth-order valence-corrected chi connectivity index (χ4v) is 0.683. The third-order valence-electron chi connectivity index (χ3n) is 0.954. The highest BCUT2D eigenvalue weighted by Gasteiger charge is 2.65. The van der Waals surface area contributed by atoms with Crippen molar-refractivity contribution in [1.29, 1.82) is 0 Å². The van der Waals surface area contributed by atoms with Crippen LogP contribution in [0.5, 0.6) is 0 Å². The maximum Gasteiger partial charge on any atom is 0.459 e. The third-order valence-corrected chi connectivity index (χ3v) is 1.54. The van der Waals surface area contributed by atoms with Crippen LogP contribution in [0.3, 0.4) is 0 Å². The van der Waals surface area contributed by atoms with Crippen LogP contribution in [0, 0.1) is 0 Å². The highest BCUT2D eigenvalue weighted by atomic mass is 31.2. The standard InChI is InChI=1S/C3HF8O3P/c4-1(12-15(13-10)14-11)2(5,6)3(7,8)9/h1H. The normalized spacial score (nSPS) is 15.8. The first kappa shape index (κ1) is 14.8. The van der Waals surface area contributed by atoms with Crippen molar-refractivity contribution in [2.24, 2.45) is 0 Å². The molecule has 0 aromatic carbocycles. The van der Waals surface area contributed by atoms with E-state index in [-0.39, 0.29) is 0 Å². The van der Waals surface area contributed by atoms with E-state index in [1.54, 1.807) is 0 Å². The van der Waals surface area contributed by atoms with E-state index >= 15 is 0 Å². The first-order chi connectivity index (χ1) is 6.66. The molecule has 0 aliphatic rings. The van der Waals surface area contributed by atoms with Gasteiger partial charge >= 0.3 is 20.7 Å². The van der Waals surface area contributed by atoms with Crippen LogP contribution < -0.4 is 0 Å². The second-order valence-electron chi connectivity index (χ2n) is 1.90. The molecule has 0 amide bonds. The topological polar surface area (TPSA) is 27.7 Å². The molecule has 0 aliphatic carbocycles. The summed E-state index contributed by atoms with van der Waals surface area (Å²) in [6.07, 6.45) is -10.6. The number of hydrogen-bond donors (Lipinski definition) is 0. The Hall–Kier alpha value is -0.250. The van der Waals surface area contributed by atoms with Crippen molar-refractivity contribution in [3.63, 3.8) is 0 Å². The average Bonchev–Trinajstić information content (AvgIpc) is 2.11. The maximum atomic E-state index is 12.1. The SMILES string of the molecule is FOP(OF)OC(F)C(F)(F)C(F)(F)F. The van der Waals surface area contributed by atoms with Crippen molar-refractivity contribution >= 4 is 8.60 Å². The van der Waals surface area contributed by atoms with Crippen LogP contribution in [0.4, 0.5) is 35.4 Å². The van der Waals surface area contributed by atoms with Gasteiger partial charge in [0.05, 0.1) is 0 Å². The molecule has 92 valence electrons. The van der Waals surface area contributed by atoms with E-state index in [2.05, 4.69) is 14.0 Å². The quantitative estimate of drug-likeness (QED) is 0.564. The van der Waals surface area contributed by atoms with Gasteiger partial charge < -0.3 is 0 Å². The van der Waals surface area contributed by atoms with Gasteiger partial charge in [0.15, 0.2) is 0 Å². The van der Waals surface area contributed by atoms with Gasteiger partial charge in [-0.15, -0.1) is 9.46 Å². The lowest BCUT2D eigenvalue weighted by Crippen LogP contribution is -2.45. The largest absolute Gasteiger partial charge is 0.459 e. The Morgan fingerprint density at radius 1 is 0.933 bits per heavy atom. The summed E-state index contributed by atoms with van der Waals surface area (Å²) in [5.74, 6) is -5.94. The Balaban J connectivity index is 4.49. The molecule has 0 spiro atoms. The predicted octanol–water partition coefficient (Wildman–Crippen LogP) is 3.53. The Bertz CT molecular complexity index is 192. The Morgan fingerprint density at radius 3 is 1.60 bits per heavy atom. The van der Waals surface area contributed by atoms with Crippen LogP contribution in [0.15, 0.2) is 0 Å². The minimum atomic E-state index is -6.28. The van der Waals surface area contributed by atoms with E-state index in [4.69, 9.17) is 0 Å². The van der Waals surface area contributed by atoms with E-state index in [1.165, 1.54) is 0 Å². The number of rotatable bonds is 5. The van der Waals surface area contributed by atoms with Gasteiger partial charge in [-0.1, -0.05) is 0 Å². The average molecular weight is 268 g/mol. The molecule has 12 heteroatoms. The molecule has 0 saturated heterocycles. The monoisotopic (exact) mass is 268 g/mol. The van der Waals surface area contributed by atoms with Gasteiger partial charge in [0.25, 0.3) is 6.36 Å². The van der Waals surface area contributed by atoms with E-state index in [9.17, 15) is 35.4 Å². The number of halogens is 8. The molecular formula is C3HF8O3P. The second kappa shape index (κ2) is 5.19. The summed E-state index contributed by atoms with van der Waals surface area (Å²) >= 11 is 0. The van der Waals surface area contributed by atoms with Crippen molar-refractivity contribution in [2.45, 2.75) is 18.5 Å². The Kier molecular flexibility index (Phi) is 5.10. The van der Waals surface area contributed by atoms with Crippen molar-refractivity contribution in [2.75, 3.05) is 0 Å². The summed E-state index contributed by atoms with van der Waals surface area (Å²) in [6.45, 7) is 0. The molecule has 0 saturated carbocycles. The molecule has 0 heterocycles. The molecule has 0 bridgehead atoms. The van der Waals surface area contributed by atoms with Crippen LogP contribution in [-0.2, 0) is 14.0 Å². The molecule has 0 rings (SSSR count).